The third-order valence-corrected chi connectivity index (χ3v) is 6.11. The van der Waals surface area contributed by atoms with Crippen molar-refractivity contribution in [1.82, 2.24) is 4.90 Å². The van der Waals surface area contributed by atoms with E-state index in [4.69, 9.17) is 0 Å². The molecule has 0 aromatic heterocycles. The van der Waals surface area contributed by atoms with E-state index in [0.717, 1.165) is 22.0 Å². The molecule has 1 fully saturated rings. The number of hydrogen-bond acceptors (Lipinski definition) is 3. The van der Waals surface area contributed by atoms with Crippen LogP contribution >= 0.6 is 22.6 Å². The van der Waals surface area contributed by atoms with Gasteiger partial charge in [0.15, 0.2) is 11.6 Å². The van der Waals surface area contributed by atoms with Crippen molar-refractivity contribution in [2.24, 2.45) is 11.8 Å². The fourth-order valence-electron chi connectivity index (χ4n) is 4.20. The number of hydrogen-bond donors (Lipinski definition) is 0. The summed E-state index contributed by atoms with van der Waals surface area (Å²) >= 11 is 2.10. The third-order valence-electron chi connectivity index (χ3n) is 5.00. The van der Waals surface area contributed by atoms with E-state index in [1.54, 1.807) is 11.8 Å². The first kappa shape index (κ1) is 14.9. The van der Waals surface area contributed by atoms with E-state index in [0.29, 0.717) is 5.57 Å². The molecule has 0 aromatic rings. The number of halogens is 1. The Balaban J connectivity index is 2.28. The minimum Gasteiger partial charge on any atom is -0.317 e. The van der Waals surface area contributed by atoms with Gasteiger partial charge >= 0.3 is 0 Å². The van der Waals surface area contributed by atoms with Gasteiger partial charge < -0.3 is 4.90 Å². The summed E-state index contributed by atoms with van der Waals surface area (Å²) in [7, 11) is 0. The first-order valence-corrected chi connectivity index (χ1v) is 8.41. The topological polar surface area (TPSA) is 54.5 Å². The molecule has 0 saturated carbocycles. The Morgan fingerprint density at radius 3 is 2.67 bits per heavy atom. The molecule has 2 aliphatic heterocycles. The maximum Gasteiger partial charge on any atom is 0.261 e. The smallest absolute Gasteiger partial charge is 0.261 e. The standard InChI is InChI=1S/C16H18INO3/c1-4-5-10-13(17)15(21)18-7-11(19)12-9(3)14(20)8(2)6-16(10,12)18/h6,9,12H,4-5,7H2,1-3H3/t9-,12+,16-/m1/s1. The maximum atomic E-state index is 12.6. The molecule has 1 amide bonds. The maximum absolute atomic E-state index is 12.6. The van der Waals surface area contributed by atoms with Gasteiger partial charge in [-0.15, -0.1) is 0 Å². The molecule has 2 heterocycles. The van der Waals surface area contributed by atoms with E-state index in [-0.39, 0.29) is 29.9 Å². The minimum atomic E-state index is -0.669. The van der Waals surface area contributed by atoms with Crippen molar-refractivity contribution in [2.75, 3.05) is 6.54 Å². The molecule has 3 rings (SSSR count). The number of amides is 1. The lowest BCUT2D eigenvalue weighted by Crippen LogP contribution is -2.52. The van der Waals surface area contributed by atoms with Gasteiger partial charge in [0.25, 0.3) is 5.91 Å². The SMILES string of the molecule is CCCC1=C(I)C(=O)N2CC(=O)[C@@H]3[C@@H](C)C(=O)C(C)=C[C@@]132. The lowest BCUT2D eigenvalue weighted by molar-refractivity contribution is -0.129. The van der Waals surface area contributed by atoms with E-state index in [2.05, 4.69) is 29.5 Å². The average Bonchev–Trinajstić information content (AvgIpc) is 2.82. The summed E-state index contributed by atoms with van der Waals surface area (Å²) in [4.78, 5) is 39.0. The van der Waals surface area contributed by atoms with Gasteiger partial charge in [-0.3, -0.25) is 14.4 Å². The van der Waals surface area contributed by atoms with Crippen LogP contribution in [0.4, 0.5) is 0 Å². The normalized spacial score (nSPS) is 35.3. The summed E-state index contributed by atoms with van der Waals surface area (Å²) < 4.78 is 0.734. The quantitative estimate of drug-likeness (QED) is 0.671. The summed E-state index contributed by atoms with van der Waals surface area (Å²) in [5.74, 6) is -0.766. The second-order valence-electron chi connectivity index (χ2n) is 6.18. The lowest BCUT2D eigenvalue weighted by atomic mass is 9.65. The number of nitrogens with zero attached hydrogens (tertiary/aromatic N) is 1. The Bertz CT molecular complexity index is 633. The van der Waals surface area contributed by atoms with E-state index < -0.39 is 11.5 Å². The average molecular weight is 399 g/mol. The van der Waals surface area contributed by atoms with Crippen LogP contribution < -0.4 is 0 Å². The number of allylic oxidation sites excluding steroid dienone is 1. The summed E-state index contributed by atoms with van der Waals surface area (Å²) in [6.07, 6.45) is 3.59. The molecule has 21 heavy (non-hydrogen) atoms. The number of carbonyl (C=O) groups is 3. The molecule has 3 atom stereocenters. The predicted octanol–water partition coefficient (Wildman–Crippen LogP) is 2.42. The lowest BCUT2D eigenvalue weighted by Gasteiger charge is -2.41. The summed E-state index contributed by atoms with van der Waals surface area (Å²) in [6, 6.07) is 0. The number of rotatable bonds is 2. The van der Waals surface area contributed by atoms with Crippen molar-refractivity contribution in [3.05, 3.63) is 20.8 Å². The van der Waals surface area contributed by atoms with Gasteiger partial charge in [-0.1, -0.05) is 20.3 Å². The van der Waals surface area contributed by atoms with Crippen LogP contribution in [0, 0.1) is 11.8 Å². The Morgan fingerprint density at radius 2 is 2.05 bits per heavy atom. The van der Waals surface area contributed by atoms with Gasteiger partial charge in [0.2, 0.25) is 0 Å². The number of ketones is 2. The molecule has 112 valence electrons. The van der Waals surface area contributed by atoms with Crippen LogP contribution in [0.3, 0.4) is 0 Å². The van der Waals surface area contributed by atoms with Crippen LogP contribution in [-0.2, 0) is 14.4 Å². The molecule has 1 saturated heterocycles. The fraction of sp³-hybridized carbons (Fsp3) is 0.562. The molecule has 0 radical (unpaired) electrons. The molecular formula is C16H18INO3. The molecule has 0 aromatic carbocycles. The van der Waals surface area contributed by atoms with Gasteiger partial charge in [0, 0.05) is 5.92 Å². The van der Waals surface area contributed by atoms with Crippen LogP contribution in [0.2, 0.25) is 0 Å². The van der Waals surface area contributed by atoms with Crippen molar-refractivity contribution >= 4 is 40.1 Å². The molecule has 1 spiro atoms. The van der Waals surface area contributed by atoms with Gasteiger partial charge in [-0.2, -0.15) is 0 Å². The van der Waals surface area contributed by atoms with Crippen LogP contribution in [0.15, 0.2) is 20.8 Å². The third kappa shape index (κ3) is 1.69. The van der Waals surface area contributed by atoms with E-state index >= 15 is 0 Å². The van der Waals surface area contributed by atoms with Gasteiger partial charge in [0.1, 0.15) is 0 Å². The van der Waals surface area contributed by atoms with E-state index in [1.807, 2.05) is 13.0 Å². The summed E-state index contributed by atoms with van der Waals surface area (Å²) in [5.41, 5.74) is 1.04. The van der Waals surface area contributed by atoms with Crippen LogP contribution in [0.1, 0.15) is 33.6 Å². The molecule has 0 N–H and O–H groups in total. The van der Waals surface area contributed by atoms with Gasteiger partial charge in [-0.05, 0) is 53.2 Å². The zero-order chi connectivity index (χ0) is 15.5. The molecule has 0 unspecified atom stereocenters. The molecule has 0 bridgehead atoms. The Labute approximate surface area is 137 Å². The van der Waals surface area contributed by atoms with Crippen molar-refractivity contribution in [3.8, 4) is 0 Å². The van der Waals surface area contributed by atoms with E-state index in [1.165, 1.54) is 0 Å². The summed E-state index contributed by atoms with van der Waals surface area (Å²) in [6.45, 7) is 5.82. The molecule has 4 nitrogen and oxygen atoms in total. The zero-order valence-electron chi connectivity index (χ0n) is 12.4. The molecule has 1 aliphatic carbocycles. The Morgan fingerprint density at radius 1 is 1.38 bits per heavy atom. The van der Waals surface area contributed by atoms with Gasteiger partial charge in [-0.25, -0.2) is 0 Å². The molecule has 5 heteroatoms. The van der Waals surface area contributed by atoms with Crippen molar-refractivity contribution in [1.29, 1.82) is 0 Å². The highest BCUT2D eigenvalue weighted by Crippen LogP contribution is 2.54. The molecular weight excluding hydrogens is 381 g/mol. The second kappa shape index (κ2) is 4.76. The van der Waals surface area contributed by atoms with Crippen molar-refractivity contribution in [2.45, 2.75) is 39.2 Å². The Kier molecular flexibility index (Phi) is 3.39. The first-order chi connectivity index (χ1) is 9.86. The predicted molar refractivity (Wildman–Crippen MR) is 86.8 cm³/mol. The highest BCUT2D eigenvalue weighted by atomic mass is 127. The highest BCUT2D eigenvalue weighted by Gasteiger charge is 2.64. The highest BCUT2D eigenvalue weighted by molar-refractivity contribution is 14.1. The number of carbonyl (C=O) groups excluding carboxylic acids is 3. The Hall–Kier alpha value is -0.980. The summed E-state index contributed by atoms with van der Waals surface area (Å²) in [5, 5.41) is 0. The van der Waals surface area contributed by atoms with Crippen molar-refractivity contribution < 1.29 is 14.4 Å². The monoisotopic (exact) mass is 399 g/mol. The van der Waals surface area contributed by atoms with Crippen molar-refractivity contribution in [3.63, 3.8) is 0 Å². The fourth-order valence-corrected chi connectivity index (χ4v) is 5.19. The van der Waals surface area contributed by atoms with Crippen LogP contribution in [0.25, 0.3) is 0 Å². The zero-order valence-corrected chi connectivity index (χ0v) is 14.6. The van der Waals surface area contributed by atoms with Crippen LogP contribution in [0.5, 0.6) is 0 Å². The molecule has 3 aliphatic rings. The second-order valence-corrected chi connectivity index (χ2v) is 7.26. The van der Waals surface area contributed by atoms with E-state index in [9.17, 15) is 14.4 Å². The van der Waals surface area contributed by atoms with Crippen LogP contribution in [-0.4, -0.2) is 34.5 Å². The minimum absolute atomic E-state index is 0.0189. The van der Waals surface area contributed by atoms with Gasteiger partial charge in [0.05, 0.1) is 21.6 Å². The largest absolute Gasteiger partial charge is 0.317 e. The first-order valence-electron chi connectivity index (χ1n) is 7.33. The number of Topliss-reactive ketones (excluding diaryl/α,β-unsaturated/α-hetero) is 2.